The van der Waals surface area contributed by atoms with Crippen LogP contribution in [-0.2, 0) is 0 Å². The number of nitro groups is 1. The van der Waals surface area contributed by atoms with Crippen LogP contribution < -0.4 is 0 Å². The van der Waals surface area contributed by atoms with Crippen molar-refractivity contribution in [2.24, 2.45) is 10.2 Å². The number of azo groups is 1. The first-order valence-electron chi connectivity index (χ1n) is 5.31. The van der Waals surface area contributed by atoms with Crippen LogP contribution in [0.25, 0.3) is 0 Å². The number of nitro benzene ring substituents is 1. The molecule has 2 aromatic carbocycles. The molecule has 0 saturated heterocycles. The molecule has 0 aliphatic carbocycles. The standard InChI is InChI=1S/C12H7BrClN3O3/c13-10-5-9(18)6-11(17(19)20)12(10)16-15-8-3-1-7(14)2-4-8/h1-6,18H. The third-order valence-electron chi connectivity index (χ3n) is 2.32. The lowest BCUT2D eigenvalue weighted by Crippen LogP contribution is -1.88. The van der Waals surface area contributed by atoms with E-state index in [1.165, 1.54) is 6.07 Å². The van der Waals surface area contributed by atoms with Crippen LogP contribution in [0, 0.1) is 10.1 Å². The quantitative estimate of drug-likeness (QED) is 0.469. The van der Waals surface area contributed by atoms with E-state index in [0.717, 1.165) is 6.07 Å². The van der Waals surface area contributed by atoms with Gasteiger partial charge in [0.05, 0.1) is 21.1 Å². The first-order valence-corrected chi connectivity index (χ1v) is 6.48. The fourth-order valence-corrected chi connectivity index (χ4v) is 2.07. The molecule has 0 spiro atoms. The van der Waals surface area contributed by atoms with Crippen molar-refractivity contribution in [3.05, 3.63) is 56.0 Å². The van der Waals surface area contributed by atoms with Crippen LogP contribution in [0.5, 0.6) is 5.75 Å². The van der Waals surface area contributed by atoms with Crippen LogP contribution in [0.2, 0.25) is 5.02 Å². The number of aromatic hydroxyl groups is 1. The average molecular weight is 357 g/mol. The molecule has 8 heteroatoms. The predicted molar refractivity (Wildman–Crippen MR) is 78.1 cm³/mol. The highest BCUT2D eigenvalue weighted by Gasteiger charge is 2.18. The fraction of sp³-hybridized carbons (Fsp3) is 0. The molecular formula is C12H7BrClN3O3. The maximum atomic E-state index is 10.9. The number of phenols is 1. The Labute approximate surface area is 127 Å². The third-order valence-corrected chi connectivity index (χ3v) is 3.17. The molecule has 0 amide bonds. The van der Waals surface area contributed by atoms with Crippen molar-refractivity contribution in [3.8, 4) is 5.75 Å². The maximum absolute atomic E-state index is 10.9. The average Bonchev–Trinajstić information content (AvgIpc) is 2.38. The van der Waals surface area contributed by atoms with Crippen LogP contribution in [0.1, 0.15) is 0 Å². The highest BCUT2D eigenvalue weighted by molar-refractivity contribution is 9.10. The minimum absolute atomic E-state index is 0.0303. The van der Waals surface area contributed by atoms with Gasteiger partial charge in [0.2, 0.25) is 0 Å². The minimum Gasteiger partial charge on any atom is -0.508 e. The molecule has 1 N–H and O–H groups in total. The molecule has 0 aliphatic heterocycles. The Balaban J connectivity index is 2.42. The van der Waals surface area contributed by atoms with E-state index >= 15 is 0 Å². The molecule has 0 bridgehead atoms. The van der Waals surface area contributed by atoms with Crippen molar-refractivity contribution in [2.45, 2.75) is 0 Å². The van der Waals surface area contributed by atoms with E-state index in [0.29, 0.717) is 10.7 Å². The van der Waals surface area contributed by atoms with Crippen LogP contribution >= 0.6 is 27.5 Å². The molecule has 0 saturated carbocycles. The summed E-state index contributed by atoms with van der Waals surface area (Å²) in [7, 11) is 0. The largest absolute Gasteiger partial charge is 0.508 e. The Morgan fingerprint density at radius 3 is 2.45 bits per heavy atom. The molecule has 0 radical (unpaired) electrons. The zero-order valence-corrected chi connectivity index (χ0v) is 12.2. The lowest BCUT2D eigenvalue weighted by molar-refractivity contribution is -0.384. The summed E-state index contributed by atoms with van der Waals surface area (Å²) in [4.78, 5) is 10.3. The van der Waals surface area contributed by atoms with Gasteiger partial charge in [0, 0.05) is 5.02 Å². The van der Waals surface area contributed by atoms with Gasteiger partial charge in [-0.15, -0.1) is 5.11 Å². The Morgan fingerprint density at radius 2 is 1.85 bits per heavy atom. The minimum atomic E-state index is -0.638. The Bertz CT molecular complexity index is 689. The number of benzene rings is 2. The fourth-order valence-electron chi connectivity index (χ4n) is 1.42. The zero-order valence-electron chi connectivity index (χ0n) is 9.83. The molecule has 0 atom stereocenters. The summed E-state index contributed by atoms with van der Waals surface area (Å²) in [5.41, 5.74) is 0.195. The van der Waals surface area contributed by atoms with E-state index < -0.39 is 4.92 Å². The van der Waals surface area contributed by atoms with Gasteiger partial charge in [0.1, 0.15) is 5.75 Å². The lowest BCUT2D eigenvalue weighted by atomic mass is 10.2. The first kappa shape index (κ1) is 14.4. The molecular weight excluding hydrogens is 350 g/mol. The zero-order chi connectivity index (χ0) is 14.7. The molecule has 0 fully saturated rings. The monoisotopic (exact) mass is 355 g/mol. The number of hydrogen-bond acceptors (Lipinski definition) is 5. The first-order chi connectivity index (χ1) is 9.47. The van der Waals surface area contributed by atoms with Crippen LogP contribution in [0.4, 0.5) is 17.1 Å². The summed E-state index contributed by atoms with van der Waals surface area (Å²) in [6.07, 6.45) is 0. The predicted octanol–water partition coefficient (Wildman–Crippen LogP) is 5.13. The SMILES string of the molecule is O=[N+]([O-])c1cc(O)cc(Br)c1N=Nc1ccc(Cl)cc1. The van der Waals surface area contributed by atoms with Crippen molar-refractivity contribution < 1.29 is 10.0 Å². The maximum Gasteiger partial charge on any atom is 0.301 e. The molecule has 0 heterocycles. The van der Waals surface area contributed by atoms with E-state index in [1.807, 2.05) is 0 Å². The third kappa shape index (κ3) is 3.31. The van der Waals surface area contributed by atoms with Gasteiger partial charge in [0.15, 0.2) is 5.69 Å². The second-order valence-corrected chi connectivity index (χ2v) is 5.02. The summed E-state index contributed by atoms with van der Waals surface area (Å²) >= 11 is 8.85. The summed E-state index contributed by atoms with van der Waals surface area (Å²) in [6.45, 7) is 0. The van der Waals surface area contributed by atoms with E-state index in [1.54, 1.807) is 24.3 Å². The highest BCUT2D eigenvalue weighted by atomic mass is 79.9. The molecule has 102 valence electrons. The number of rotatable bonds is 3. The summed E-state index contributed by atoms with van der Waals surface area (Å²) in [5, 5.41) is 28.6. The molecule has 2 rings (SSSR count). The number of hydrogen-bond donors (Lipinski definition) is 1. The van der Waals surface area contributed by atoms with Crippen molar-refractivity contribution in [2.75, 3.05) is 0 Å². The Hall–Kier alpha value is -1.99. The van der Waals surface area contributed by atoms with Crippen molar-refractivity contribution >= 4 is 44.6 Å². The van der Waals surface area contributed by atoms with Gasteiger partial charge in [-0.05, 0) is 46.3 Å². The smallest absolute Gasteiger partial charge is 0.301 e. The normalized spacial score (nSPS) is 10.9. The van der Waals surface area contributed by atoms with E-state index in [4.69, 9.17) is 11.6 Å². The van der Waals surface area contributed by atoms with Gasteiger partial charge in [-0.25, -0.2) is 0 Å². The van der Waals surface area contributed by atoms with Crippen LogP contribution in [0.15, 0.2) is 51.1 Å². The molecule has 0 unspecified atom stereocenters. The van der Waals surface area contributed by atoms with Gasteiger partial charge >= 0.3 is 5.69 Å². The number of halogens is 2. The Morgan fingerprint density at radius 1 is 1.20 bits per heavy atom. The summed E-state index contributed by atoms with van der Waals surface area (Å²) in [6, 6.07) is 8.86. The molecule has 0 aliphatic rings. The highest BCUT2D eigenvalue weighted by Crippen LogP contribution is 2.39. The van der Waals surface area contributed by atoms with Gasteiger partial charge in [0.25, 0.3) is 0 Å². The van der Waals surface area contributed by atoms with Crippen LogP contribution in [-0.4, -0.2) is 10.0 Å². The molecule has 0 aromatic heterocycles. The van der Waals surface area contributed by atoms with E-state index in [9.17, 15) is 15.2 Å². The van der Waals surface area contributed by atoms with Gasteiger partial charge in [-0.1, -0.05) is 11.6 Å². The van der Waals surface area contributed by atoms with Crippen molar-refractivity contribution in [1.82, 2.24) is 0 Å². The number of phenolic OH excluding ortho intramolecular Hbond substituents is 1. The van der Waals surface area contributed by atoms with Crippen molar-refractivity contribution in [1.29, 1.82) is 0 Å². The van der Waals surface area contributed by atoms with Gasteiger partial charge in [-0.2, -0.15) is 5.11 Å². The lowest BCUT2D eigenvalue weighted by Gasteiger charge is -2.01. The molecule has 2 aromatic rings. The second-order valence-electron chi connectivity index (χ2n) is 3.73. The second kappa shape index (κ2) is 5.98. The topological polar surface area (TPSA) is 88.1 Å². The van der Waals surface area contributed by atoms with E-state index in [-0.39, 0.29) is 21.6 Å². The number of nitrogens with zero attached hydrogens (tertiary/aromatic N) is 3. The van der Waals surface area contributed by atoms with Crippen molar-refractivity contribution in [3.63, 3.8) is 0 Å². The van der Waals surface area contributed by atoms with Crippen LogP contribution in [0.3, 0.4) is 0 Å². The summed E-state index contributed by atoms with van der Waals surface area (Å²) < 4.78 is 0.280. The molecule has 6 nitrogen and oxygen atoms in total. The van der Waals surface area contributed by atoms with E-state index in [2.05, 4.69) is 26.2 Å². The summed E-state index contributed by atoms with van der Waals surface area (Å²) in [5.74, 6) is -0.228. The van der Waals surface area contributed by atoms with Gasteiger partial charge < -0.3 is 5.11 Å². The van der Waals surface area contributed by atoms with Gasteiger partial charge in [-0.3, -0.25) is 10.1 Å². The molecule has 20 heavy (non-hydrogen) atoms. The Kier molecular flexibility index (Phi) is 4.31.